The van der Waals surface area contributed by atoms with Crippen LogP contribution in [0, 0.1) is 0 Å². The van der Waals surface area contributed by atoms with Crippen LogP contribution in [0.2, 0.25) is 39.3 Å². The maximum absolute atomic E-state index is 5.68. The molecule has 3 nitrogen and oxygen atoms in total. The van der Waals surface area contributed by atoms with Crippen molar-refractivity contribution >= 4 is 16.6 Å². The van der Waals surface area contributed by atoms with Crippen molar-refractivity contribution in [2.75, 3.05) is 26.4 Å². The zero-order valence-corrected chi connectivity index (χ0v) is 13.1. The van der Waals surface area contributed by atoms with Crippen LogP contribution in [-0.4, -0.2) is 42.9 Å². The SMILES string of the molecule is C[Si](C)(C)NCCOCCO[Si](C)(C)C. The third kappa shape index (κ3) is 14.3. The van der Waals surface area contributed by atoms with E-state index >= 15 is 0 Å². The molecule has 0 saturated carbocycles. The van der Waals surface area contributed by atoms with Gasteiger partial charge in [-0.3, -0.25) is 0 Å². The highest BCUT2D eigenvalue weighted by atomic mass is 28.4. The van der Waals surface area contributed by atoms with E-state index in [1.54, 1.807) is 0 Å². The van der Waals surface area contributed by atoms with Gasteiger partial charge in [-0.15, -0.1) is 0 Å². The lowest BCUT2D eigenvalue weighted by molar-refractivity contribution is 0.102. The fraction of sp³-hybridized carbons (Fsp3) is 1.00. The van der Waals surface area contributed by atoms with E-state index in [2.05, 4.69) is 44.3 Å². The normalized spacial score (nSPS) is 13.2. The van der Waals surface area contributed by atoms with Crippen molar-refractivity contribution in [1.82, 2.24) is 4.98 Å². The largest absolute Gasteiger partial charge is 0.415 e. The van der Waals surface area contributed by atoms with Crippen LogP contribution >= 0.6 is 0 Å². The number of hydrogen-bond acceptors (Lipinski definition) is 3. The molecule has 0 fully saturated rings. The van der Waals surface area contributed by atoms with Crippen molar-refractivity contribution < 1.29 is 9.16 Å². The first kappa shape index (κ1) is 15.3. The molecule has 0 aliphatic rings. The zero-order chi connectivity index (χ0) is 11.9. The number of nitrogens with one attached hydrogen (secondary N) is 1. The lowest BCUT2D eigenvalue weighted by atomic mass is 10.7. The second-order valence-electron chi connectivity index (χ2n) is 5.75. The zero-order valence-electron chi connectivity index (χ0n) is 11.1. The van der Waals surface area contributed by atoms with Crippen LogP contribution in [0.5, 0.6) is 0 Å². The first-order valence-corrected chi connectivity index (χ1v) is 12.6. The molecule has 0 aromatic heterocycles. The van der Waals surface area contributed by atoms with Gasteiger partial charge in [-0.25, -0.2) is 0 Å². The lowest BCUT2D eigenvalue weighted by Gasteiger charge is -2.19. The van der Waals surface area contributed by atoms with Gasteiger partial charge in [-0.05, 0) is 19.6 Å². The molecule has 0 aromatic rings. The summed E-state index contributed by atoms with van der Waals surface area (Å²) in [6.45, 7) is 16.7. The summed E-state index contributed by atoms with van der Waals surface area (Å²) in [7, 11) is -2.45. The second kappa shape index (κ2) is 6.80. The van der Waals surface area contributed by atoms with E-state index in [0.717, 1.165) is 26.4 Å². The van der Waals surface area contributed by atoms with Crippen molar-refractivity contribution in [2.24, 2.45) is 0 Å². The summed E-state index contributed by atoms with van der Waals surface area (Å²) in [4.78, 5) is 3.51. The van der Waals surface area contributed by atoms with Gasteiger partial charge in [-0.1, -0.05) is 19.6 Å². The van der Waals surface area contributed by atoms with E-state index in [4.69, 9.17) is 9.16 Å². The fourth-order valence-corrected chi connectivity index (χ4v) is 2.55. The first-order chi connectivity index (χ1) is 6.71. The van der Waals surface area contributed by atoms with Crippen LogP contribution in [0.4, 0.5) is 0 Å². The fourth-order valence-electron chi connectivity index (χ4n) is 1.01. The van der Waals surface area contributed by atoms with Crippen LogP contribution in [0.15, 0.2) is 0 Å². The number of ether oxygens (including phenoxy) is 1. The minimum Gasteiger partial charge on any atom is -0.415 e. The third-order valence-corrected chi connectivity index (χ3v) is 4.05. The van der Waals surface area contributed by atoms with E-state index in [1.807, 2.05) is 0 Å². The Hall–Kier alpha value is 0.314. The highest BCUT2D eigenvalue weighted by molar-refractivity contribution is 6.73. The monoisotopic (exact) mass is 249 g/mol. The van der Waals surface area contributed by atoms with Gasteiger partial charge in [0.15, 0.2) is 8.32 Å². The highest BCUT2D eigenvalue weighted by Gasteiger charge is 2.13. The molecule has 0 saturated heterocycles. The van der Waals surface area contributed by atoms with Gasteiger partial charge in [0, 0.05) is 6.54 Å². The van der Waals surface area contributed by atoms with Gasteiger partial charge >= 0.3 is 0 Å². The predicted octanol–water partition coefficient (Wildman–Crippen LogP) is 2.28. The Bertz CT molecular complexity index is 146. The van der Waals surface area contributed by atoms with Crippen LogP contribution in [0.25, 0.3) is 0 Å². The van der Waals surface area contributed by atoms with Crippen molar-refractivity contribution in [1.29, 1.82) is 0 Å². The average molecular weight is 250 g/mol. The molecule has 0 aliphatic heterocycles. The van der Waals surface area contributed by atoms with Crippen LogP contribution in [-0.2, 0) is 9.16 Å². The predicted molar refractivity (Wildman–Crippen MR) is 71.5 cm³/mol. The van der Waals surface area contributed by atoms with Crippen molar-refractivity contribution in [3.05, 3.63) is 0 Å². The van der Waals surface area contributed by atoms with Crippen LogP contribution < -0.4 is 4.98 Å². The molecule has 0 aliphatic carbocycles. The molecule has 0 radical (unpaired) electrons. The molecule has 0 aromatic carbocycles. The van der Waals surface area contributed by atoms with Gasteiger partial charge in [0.2, 0.25) is 0 Å². The summed E-state index contributed by atoms with van der Waals surface area (Å²) in [6, 6.07) is 0. The average Bonchev–Trinajstić information content (AvgIpc) is 1.98. The first-order valence-electron chi connectivity index (χ1n) is 5.67. The summed E-state index contributed by atoms with van der Waals surface area (Å²) in [5.41, 5.74) is 0. The molecular formula is C10H27NO2Si2. The van der Waals surface area contributed by atoms with Crippen molar-refractivity contribution in [3.8, 4) is 0 Å². The molecule has 92 valence electrons. The third-order valence-electron chi connectivity index (χ3n) is 1.66. The molecule has 0 unspecified atom stereocenters. The Labute approximate surface area is 96.8 Å². The Balaban J connectivity index is 3.20. The van der Waals surface area contributed by atoms with Crippen LogP contribution in [0.3, 0.4) is 0 Å². The minimum atomic E-state index is -1.34. The second-order valence-corrected chi connectivity index (χ2v) is 15.1. The van der Waals surface area contributed by atoms with E-state index in [0.29, 0.717) is 0 Å². The Morgan fingerprint density at radius 3 is 1.93 bits per heavy atom. The lowest BCUT2D eigenvalue weighted by Crippen LogP contribution is -2.43. The Kier molecular flexibility index (Phi) is 6.94. The number of rotatable bonds is 8. The van der Waals surface area contributed by atoms with E-state index in [9.17, 15) is 0 Å². The number of hydrogen-bond donors (Lipinski definition) is 1. The standard InChI is InChI=1S/C10H27NO2Si2/c1-14(2,3)11-7-8-12-9-10-13-15(4,5)6/h11H,7-10H2,1-6H3. The topological polar surface area (TPSA) is 30.5 Å². The van der Waals surface area contributed by atoms with Gasteiger partial charge < -0.3 is 14.1 Å². The maximum Gasteiger partial charge on any atom is 0.183 e. The highest BCUT2D eigenvalue weighted by Crippen LogP contribution is 2.01. The molecule has 5 heteroatoms. The Morgan fingerprint density at radius 2 is 1.47 bits per heavy atom. The molecule has 15 heavy (non-hydrogen) atoms. The molecule has 0 spiro atoms. The van der Waals surface area contributed by atoms with E-state index < -0.39 is 16.6 Å². The Morgan fingerprint density at radius 1 is 0.867 bits per heavy atom. The van der Waals surface area contributed by atoms with Gasteiger partial charge in [0.25, 0.3) is 0 Å². The van der Waals surface area contributed by atoms with Gasteiger partial charge in [0.05, 0.1) is 19.8 Å². The smallest absolute Gasteiger partial charge is 0.183 e. The van der Waals surface area contributed by atoms with E-state index in [-0.39, 0.29) is 0 Å². The molecule has 0 amide bonds. The van der Waals surface area contributed by atoms with Crippen LogP contribution in [0.1, 0.15) is 0 Å². The molecule has 0 rings (SSSR count). The summed E-state index contributed by atoms with van der Waals surface area (Å²) in [6.07, 6.45) is 0. The van der Waals surface area contributed by atoms with Gasteiger partial charge in [-0.2, -0.15) is 0 Å². The van der Waals surface area contributed by atoms with Gasteiger partial charge in [0.1, 0.15) is 8.24 Å². The molecule has 0 heterocycles. The summed E-state index contributed by atoms with van der Waals surface area (Å²) < 4.78 is 11.2. The molecular weight excluding hydrogens is 222 g/mol. The quantitative estimate of drug-likeness (QED) is 0.529. The molecule has 0 atom stereocenters. The summed E-state index contributed by atoms with van der Waals surface area (Å²) >= 11 is 0. The summed E-state index contributed by atoms with van der Waals surface area (Å²) in [5.74, 6) is 0. The van der Waals surface area contributed by atoms with Crippen molar-refractivity contribution in [3.63, 3.8) is 0 Å². The maximum atomic E-state index is 5.68. The van der Waals surface area contributed by atoms with Crippen molar-refractivity contribution in [2.45, 2.75) is 39.3 Å². The molecule has 1 N–H and O–H groups in total. The molecule has 0 bridgehead atoms. The van der Waals surface area contributed by atoms with E-state index in [1.165, 1.54) is 0 Å². The summed E-state index contributed by atoms with van der Waals surface area (Å²) in [5, 5.41) is 0. The minimum absolute atomic E-state index is 0.720.